The number of hydrogen-bond acceptors (Lipinski definition) is 3. The fraction of sp³-hybridized carbons (Fsp3) is 0.529. The fourth-order valence-corrected chi connectivity index (χ4v) is 2.63. The van der Waals surface area contributed by atoms with Gasteiger partial charge in [-0.25, -0.2) is 4.79 Å². The first-order chi connectivity index (χ1) is 10.1. The van der Waals surface area contributed by atoms with Crippen molar-refractivity contribution in [1.29, 1.82) is 0 Å². The van der Waals surface area contributed by atoms with Gasteiger partial charge in [-0.1, -0.05) is 32.0 Å². The van der Waals surface area contributed by atoms with E-state index >= 15 is 0 Å². The number of amides is 2. The second kappa shape index (κ2) is 5.63. The zero-order valence-corrected chi connectivity index (χ0v) is 13.9. The van der Waals surface area contributed by atoms with Gasteiger partial charge in [-0.15, -0.1) is 0 Å². The van der Waals surface area contributed by atoms with Gasteiger partial charge < -0.3 is 15.0 Å². The lowest BCUT2D eigenvalue weighted by Crippen LogP contribution is -2.42. The third-order valence-electron chi connectivity index (χ3n) is 3.56. The van der Waals surface area contributed by atoms with Gasteiger partial charge in [0.1, 0.15) is 12.1 Å². The van der Waals surface area contributed by atoms with Crippen molar-refractivity contribution in [2.75, 3.05) is 18.0 Å². The smallest absolute Gasteiger partial charge is 0.408 e. The average Bonchev–Trinajstić information content (AvgIpc) is 2.67. The molecule has 2 amide bonds. The summed E-state index contributed by atoms with van der Waals surface area (Å²) in [6.07, 6.45) is -0.576. The summed E-state index contributed by atoms with van der Waals surface area (Å²) in [6.45, 7) is 10.1. The van der Waals surface area contributed by atoms with Gasteiger partial charge in [0.05, 0.1) is 0 Å². The summed E-state index contributed by atoms with van der Waals surface area (Å²) in [5, 5.41) is 2.52. The van der Waals surface area contributed by atoms with Crippen molar-refractivity contribution in [3.05, 3.63) is 29.8 Å². The molecule has 5 nitrogen and oxygen atoms in total. The van der Waals surface area contributed by atoms with Crippen molar-refractivity contribution >= 4 is 17.7 Å². The van der Waals surface area contributed by atoms with Gasteiger partial charge >= 0.3 is 6.09 Å². The molecule has 2 rings (SSSR count). The SMILES string of the molecule is CC(C)(C)OC(=O)NCC(=O)N1CC(C)(C)c2ccccc21. The quantitative estimate of drug-likeness (QED) is 0.914. The molecule has 1 aliphatic rings. The molecule has 1 aromatic rings. The van der Waals surface area contributed by atoms with Gasteiger partial charge in [-0.05, 0) is 32.4 Å². The van der Waals surface area contributed by atoms with E-state index in [1.54, 1.807) is 25.7 Å². The Morgan fingerprint density at radius 2 is 1.91 bits per heavy atom. The minimum absolute atomic E-state index is 0.0701. The van der Waals surface area contributed by atoms with Crippen LogP contribution in [-0.4, -0.2) is 30.7 Å². The van der Waals surface area contributed by atoms with Crippen LogP contribution < -0.4 is 10.2 Å². The molecule has 0 spiro atoms. The summed E-state index contributed by atoms with van der Waals surface area (Å²) in [7, 11) is 0. The van der Waals surface area contributed by atoms with Crippen LogP contribution in [0.2, 0.25) is 0 Å². The molecular weight excluding hydrogens is 280 g/mol. The van der Waals surface area contributed by atoms with E-state index in [1.165, 1.54) is 0 Å². The minimum Gasteiger partial charge on any atom is -0.444 e. The Bertz CT molecular complexity index is 588. The summed E-state index contributed by atoms with van der Waals surface area (Å²) in [5.41, 5.74) is 1.41. The van der Waals surface area contributed by atoms with Crippen LogP contribution >= 0.6 is 0 Å². The molecule has 0 atom stereocenters. The first kappa shape index (κ1) is 16.3. The van der Waals surface area contributed by atoms with Crippen molar-refractivity contribution in [3.8, 4) is 0 Å². The number of para-hydroxylation sites is 1. The number of anilines is 1. The van der Waals surface area contributed by atoms with Crippen LogP contribution in [0.3, 0.4) is 0 Å². The molecule has 0 saturated heterocycles. The summed E-state index contributed by atoms with van der Waals surface area (Å²) >= 11 is 0. The van der Waals surface area contributed by atoms with Crippen LogP contribution in [-0.2, 0) is 14.9 Å². The molecule has 120 valence electrons. The molecule has 0 aliphatic carbocycles. The molecule has 0 saturated carbocycles. The van der Waals surface area contributed by atoms with E-state index in [0.29, 0.717) is 6.54 Å². The van der Waals surface area contributed by atoms with Gasteiger partial charge in [0.25, 0.3) is 0 Å². The Morgan fingerprint density at radius 1 is 1.27 bits per heavy atom. The van der Waals surface area contributed by atoms with Crippen molar-refractivity contribution in [1.82, 2.24) is 5.32 Å². The molecule has 1 aromatic carbocycles. The topological polar surface area (TPSA) is 58.6 Å². The Morgan fingerprint density at radius 3 is 2.55 bits per heavy atom. The maximum Gasteiger partial charge on any atom is 0.408 e. The van der Waals surface area contributed by atoms with Gasteiger partial charge in [0.15, 0.2) is 0 Å². The average molecular weight is 304 g/mol. The van der Waals surface area contributed by atoms with E-state index in [2.05, 4.69) is 19.2 Å². The number of alkyl carbamates (subject to hydrolysis) is 1. The number of rotatable bonds is 2. The van der Waals surface area contributed by atoms with E-state index in [-0.39, 0.29) is 17.9 Å². The van der Waals surface area contributed by atoms with Gasteiger partial charge in [0.2, 0.25) is 5.91 Å². The van der Waals surface area contributed by atoms with Crippen LogP contribution in [0.1, 0.15) is 40.2 Å². The number of hydrogen-bond donors (Lipinski definition) is 1. The van der Waals surface area contributed by atoms with E-state index in [9.17, 15) is 9.59 Å². The van der Waals surface area contributed by atoms with Crippen LogP contribution in [0.15, 0.2) is 24.3 Å². The second-order valence-electron chi connectivity index (χ2n) is 7.24. The maximum atomic E-state index is 12.4. The van der Waals surface area contributed by atoms with Gasteiger partial charge in [0, 0.05) is 17.6 Å². The second-order valence-corrected chi connectivity index (χ2v) is 7.24. The van der Waals surface area contributed by atoms with E-state index in [0.717, 1.165) is 11.3 Å². The molecule has 1 N–H and O–H groups in total. The Hall–Kier alpha value is -2.04. The number of carbonyl (C=O) groups excluding carboxylic acids is 2. The normalized spacial score (nSPS) is 16.1. The van der Waals surface area contributed by atoms with Gasteiger partial charge in [-0.2, -0.15) is 0 Å². The van der Waals surface area contributed by atoms with E-state index in [1.807, 2.05) is 24.3 Å². The molecule has 0 bridgehead atoms. The number of benzene rings is 1. The molecular formula is C17H24N2O3. The summed E-state index contributed by atoms with van der Waals surface area (Å²) in [4.78, 5) is 25.8. The molecule has 0 fully saturated rings. The van der Waals surface area contributed by atoms with Crippen molar-refractivity contribution < 1.29 is 14.3 Å². The zero-order chi connectivity index (χ0) is 16.5. The minimum atomic E-state index is -0.576. The van der Waals surface area contributed by atoms with Crippen molar-refractivity contribution in [2.45, 2.75) is 45.6 Å². The zero-order valence-electron chi connectivity index (χ0n) is 13.9. The summed E-state index contributed by atoms with van der Waals surface area (Å²) in [5.74, 6) is -0.135. The van der Waals surface area contributed by atoms with Crippen LogP contribution in [0.4, 0.5) is 10.5 Å². The lowest BCUT2D eigenvalue weighted by molar-refractivity contribution is -0.117. The third kappa shape index (κ3) is 3.59. The van der Waals surface area contributed by atoms with Crippen LogP contribution in [0.25, 0.3) is 0 Å². The predicted molar refractivity (Wildman–Crippen MR) is 86.1 cm³/mol. The van der Waals surface area contributed by atoms with E-state index in [4.69, 9.17) is 4.74 Å². The number of ether oxygens (including phenoxy) is 1. The third-order valence-corrected chi connectivity index (χ3v) is 3.56. The van der Waals surface area contributed by atoms with Crippen LogP contribution in [0, 0.1) is 0 Å². The summed E-state index contributed by atoms with van der Waals surface area (Å²) < 4.78 is 5.14. The van der Waals surface area contributed by atoms with Gasteiger partial charge in [-0.3, -0.25) is 4.79 Å². The molecule has 1 aliphatic heterocycles. The molecule has 0 aromatic heterocycles. The summed E-state index contributed by atoms with van der Waals surface area (Å²) in [6, 6.07) is 7.88. The lowest BCUT2D eigenvalue weighted by Gasteiger charge is -2.22. The first-order valence-electron chi connectivity index (χ1n) is 7.47. The highest BCUT2D eigenvalue weighted by Gasteiger charge is 2.37. The van der Waals surface area contributed by atoms with Crippen molar-refractivity contribution in [3.63, 3.8) is 0 Å². The number of nitrogens with zero attached hydrogens (tertiary/aromatic N) is 1. The first-order valence-corrected chi connectivity index (χ1v) is 7.47. The number of nitrogens with one attached hydrogen (secondary N) is 1. The lowest BCUT2D eigenvalue weighted by atomic mass is 9.87. The fourth-order valence-electron chi connectivity index (χ4n) is 2.63. The highest BCUT2D eigenvalue weighted by atomic mass is 16.6. The Kier molecular flexibility index (Phi) is 4.18. The Labute approximate surface area is 131 Å². The Balaban J connectivity index is 2.02. The standard InChI is InChI=1S/C17H24N2O3/c1-16(2,3)22-15(21)18-10-14(20)19-11-17(4,5)12-8-6-7-9-13(12)19/h6-9H,10-11H2,1-5H3,(H,18,21). The van der Waals surface area contributed by atoms with Crippen LogP contribution in [0.5, 0.6) is 0 Å². The molecule has 1 heterocycles. The largest absolute Gasteiger partial charge is 0.444 e. The molecule has 0 radical (unpaired) electrons. The number of carbonyl (C=O) groups is 2. The number of fused-ring (bicyclic) bond motifs is 1. The maximum absolute atomic E-state index is 12.4. The highest BCUT2D eigenvalue weighted by Crippen LogP contribution is 2.39. The monoisotopic (exact) mass is 304 g/mol. The van der Waals surface area contributed by atoms with E-state index < -0.39 is 11.7 Å². The van der Waals surface area contributed by atoms with Crippen molar-refractivity contribution in [2.24, 2.45) is 0 Å². The highest BCUT2D eigenvalue weighted by molar-refractivity contribution is 5.98. The molecule has 5 heteroatoms. The molecule has 0 unspecified atom stereocenters. The predicted octanol–water partition coefficient (Wildman–Crippen LogP) is 2.84. The molecule has 22 heavy (non-hydrogen) atoms.